The first-order valence-corrected chi connectivity index (χ1v) is 4.26. The van der Waals surface area contributed by atoms with Crippen molar-refractivity contribution in [1.82, 2.24) is 0 Å². The molecule has 2 nitrogen and oxygen atoms in total. The maximum atomic E-state index is 10.8. The zero-order valence-electron chi connectivity index (χ0n) is 6.03. The number of carbonyl (C=O) groups is 1. The van der Waals surface area contributed by atoms with Gasteiger partial charge in [0.2, 0.25) is 0 Å². The minimum atomic E-state index is 0.0865. The predicted molar refractivity (Wildman–Crippen MR) is 43.1 cm³/mol. The first-order valence-electron chi connectivity index (χ1n) is 3.09. The Labute approximate surface area is 78.5 Å². The van der Waals surface area contributed by atoms with Crippen LogP contribution in [0.5, 0.6) is 5.75 Å². The Kier molecular flexibility index (Phi) is 2.92. The molecule has 0 aliphatic carbocycles. The van der Waals surface area contributed by atoms with Gasteiger partial charge >= 0.3 is 78.3 Å². The molecule has 0 heterocycles. The number of methoxy groups -OCH3 is 1. The van der Waals surface area contributed by atoms with Crippen LogP contribution < -0.4 is 4.74 Å². The molecule has 1 rings (SSSR count). The van der Waals surface area contributed by atoms with E-state index in [1.165, 1.54) is 22.3 Å². The van der Waals surface area contributed by atoms with Crippen molar-refractivity contribution >= 4 is 26.1 Å². The summed E-state index contributed by atoms with van der Waals surface area (Å²) in [5.41, 5.74) is 0.718. The third kappa shape index (κ3) is 2.21. The summed E-state index contributed by atoms with van der Waals surface area (Å²) in [6.45, 7) is 0. The van der Waals surface area contributed by atoms with E-state index in [2.05, 4.69) is 0 Å². The molecule has 3 heteroatoms. The van der Waals surface area contributed by atoms with Crippen LogP contribution in [-0.4, -0.2) is 33.2 Å². The molecule has 0 unspecified atom stereocenters. The van der Waals surface area contributed by atoms with Crippen LogP contribution in [-0.2, 0) is 0 Å². The van der Waals surface area contributed by atoms with Gasteiger partial charge in [0.25, 0.3) is 0 Å². The summed E-state index contributed by atoms with van der Waals surface area (Å²) < 4.78 is 5.02. The second-order valence-corrected chi connectivity index (χ2v) is 3.07. The van der Waals surface area contributed by atoms with E-state index in [1.54, 1.807) is 31.4 Å². The molecule has 1 aromatic carbocycles. The van der Waals surface area contributed by atoms with E-state index in [-0.39, 0.29) is 3.83 Å². The van der Waals surface area contributed by atoms with Crippen LogP contribution >= 0.6 is 0 Å². The second kappa shape index (κ2) is 3.75. The summed E-state index contributed by atoms with van der Waals surface area (Å²) >= 11 is 1.47. The molecule has 0 spiro atoms. The van der Waals surface area contributed by atoms with Crippen LogP contribution in [0.15, 0.2) is 24.3 Å². The molecule has 0 amide bonds. The van der Waals surface area contributed by atoms with E-state index in [0.29, 0.717) is 0 Å². The molecule has 0 aliphatic heterocycles. The van der Waals surface area contributed by atoms with Gasteiger partial charge in [-0.3, -0.25) is 0 Å². The molecule has 0 saturated carbocycles. The van der Waals surface area contributed by atoms with Crippen molar-refractivity contribution in [2.45, 2.75) is 0 Å². The Bertz CT molecular complexity index is 253. The molecular weight excluding hydrogens is 256 g/mol. The van der Waals surface area contributed by atoms with Crippen LogP contribution in [0, 0.1) is 0 Å². The van der Waals surface area contributed by atoms with E-state index in [1.807, 2.05) is 0 Å². The summed E-state index contributed by atoms with van der Waals surface area (Å²) in [5, 5.41) is 0. The van der Waals surface area contributed by atoms with Crippen molar-refractivity contribution in [3.63, 3.8) is 0 Å². The SMILES string of the molecule is COc1ccc(C(=O)[Te])cc1. The van der Waals surface area contributed by atoms with E-state index in [0.717, 1.165) is 11.3 Å². The number of benzene rings is 1. The molecular formula is C8H7O2Te. The molecule has 0 N–H and O–H groups in total. The molecule has 0 bridgehead atoms. The fourth-order valence-electron chi connectivity index (χ4n) is 0.727. The van der Waals surface area contributed by atoms with E-state index in [9.17, 15) is 4.79 Å². The van der Waals surface area contributed by atoms with Gasteiger partial charge in [-0.2, -0.15) is 0 Å². The Hall–Kier alpha value is -0.520. The first-order chi connectivity index (χ1) is 5.24. The standard InChI is InChI=1S/C8H7O2Te/c1-10-7-4-2-6(3-5-7)8(9)11/h2-5H,1H3. The third-order valence-corrected chi connectivity index (χ3v) is 2.00. The van der Waals surface area contributed by atoms with Crippen molar-refractivity contribution < 1.29 is 9.53 Å². The van der Waals surface area contributed by atoms with Gasteiger partial charge in [-0.1, -0.05) is 0 Å². The molecule has 0 aromatic heterocycles. The number of carbonyl (C=O) groups excluding carboxylic acids is 1. The Morgan fingerprint density at radius 1 is 1.36 bits per heavy atom. The zero-order chi connectivity index (χ0) is 8.27. The van der Waals surface area contributed by atoms with Crippen LogP contribution in [0.4, 0.5) is 0 Å². The molecule has 1 radical (unpaired) electrons. The Morgan fingerprint density at radius 3 is 2.27 bits per heavy atom. The molecule has 0 aliphatic rings. The van der Waals surface area contributed by atoms with Gasteiger partial charge in [0.15, 0.2) is 0 Å². The quantitative estimate of drug-likeness (QED) is 0.744. The Morgan fingerprint density at radius 2 is 1.91 bits per heavy atom. The fraction of sp³-hybridized carbons (Fsp3) is 0.125. The van der Waals surface area contributed by atoms with E-state index >= 15 is 0 Å². The van der Waals surface area contributed by atoms with Gasteiger partial charge in [0.1, 0.15) is 0 Å². The third-order valence-electron chi connectivity index (χ3n) is 1.33. The molecule has 0 fully saturated rings. The van der Waals surface area contributed by atoms with Gasteiger partial charge in [-0.05, 0) is 0 Å². The molecule has 11 heavy (non-hydrogen) atoms. The zero-order valence-corrected chi connectivity index (χ0v) is 8.36. The van der Waals surface area contributed by atoms with Crippen molar-refractivity contribution in [2.24, 2.45) is 0 Å². The topological polar surface area (TPSA) is 26.3 Å². The molecule has 0 atom stereocenters. The van der Waals surface area contributed by atoms with Gasteiger partial charge in [-0.15, -0.1) is 0 Å². The van der Waals surface area contributed by atoms with Gasteiger partial charge < -0.3 is 0 Å². The first kappa shape index (κ1) is 8.58. The fourth-order valence-corrected chi connectivity index (χ4v) is 1.12. The monoisotopic (exact) mass is 265 g/mol. The van der Waals surface area contributed by atoms with Crippen molar-refractivity contribution in [2.75, 3.05) is 7.11 Å². The number of rotatable bonds is 2. The Balaban J connectivity index is 2.91. The van der Waals surface area contributed by atoms with Crippen molar-refractivity contribution in [3.8, 4) is 5.75 Å². The average molecular weight is 263 g/mol. The number of hydrogen-bond donors (Lipinski definition) is 0. The van der Waals surface area contributed by atoms with E-state index in [4.69, 9.17) is 4.74 Å². The summed E-state index contributed by atoms with van der Waals surface area (Å²) in [6.07, 6.45) is 0. The van der Waals surface area contributed by atoms with E-state index < -0.39 is 0 Å². The normalized spacial score (nSPS) is 9.18. The predicted octanol–water partition coefficient (Wildman–Crippen LogP) is 1.00. The van der Waals surface area contributed by atoms with Crippen molar-refractivity contribution in [1.29, 1.82) is 0 Å². The van der Waals surface area contributed by atoms with Gasteiger partial charge in [-0.25, -0.2) is 0 Å². The molecule has 57 valence electrons. The summed E-state index contributed by atoms with van der Waals surface area (Å²) in [6, 6.07) is 7.06. The minimum absolute atomic E-state index is 0.0865. The van der Waals surface area contributed by atoms with Crippen LogP contribution in [0.2, 0.25) is 0 Å². The van der Waals surface area contributed by atoms with Crippen LogP contribution in [0.1, 0.15) is 10.4 Å². The summed E-state index contributed by atoms with van der Waals surface area (Å²) in [7, 11) is 1.60. The average Bonchev–Trinajstić information content (AvgIpc) is 2.05. The molecule has 0 saturated heterocycles. The number of ether oxygens (including phenoxy) is 1. The second-order valence-electron chi connectivity index (χ2n) is 2.02. The van der Waals surface area contributed by atoms with Crippen molar-refractivity contribution in [3.05, 3.63) is 29.8 Å². The van der Waals surface area contributed by atoms with Gasteiger partial charge in [0.05, 0.1) is 0 Å². The van der Waals surface area contributed by atoms with Gasteiger partial charge in [0, 0.05) is 0 Å². The molecule has 1 aromatic rings. The maximum absolute atomic E-state index is 10.8. The van der Waals surface area contributed by atoms with Crippen LogP contribution in [0.25, 0.3) is 0 Å². The summed E-state index contributed by atoms with van der Waals surface area (Å²) in [5.74, 6) is 0.774. The summed E-state index contributed by atoms with van der Waals surface area (Å²) in [4.78, 5) is 10.8. The number of hydrogen-bond acceptors (Lipinski definition) is 2. The van der Waals surface area contributed by atoms with Crippen LogP contribution in [0.3, 0.4) is 0 Å².